The maximum Gasteiger partial charge on any atom is 0.311 e. The Bertz CT molecular complexity index is 1140. The zero-order valence-electron chi connectivity index (χ0n) is 29.2. The van der Waals surface area contributed by atoms with Gasteiger partial charge in [-0.25, -0.2) is 0 Å². The fourth-order valence-corrected chi connectivity index (χ4v) is 5.85. The third kappa shape index (κ3) is 18.9. The summed E-state index contributed by atoms with van der Waals surface area (Å²) in [5.41, 5.74) is 2.20. The van der Waals surface area contributed by atoms with Gasteiger partial charge in [0.1, 0.15) is 0 Å². The topological polar surface area (TPSA) is 72.5 Å². The molecule has 5 heteroatoms. The molecule has 0 aliphatic heterocycles. The number of unbranched alkanes of at least 4 members (excludes halogenated alkanes) is 20. The Labute approximate surface area is 280 Å². The average molecular weight is 634 g/mol. The van der Waals surface area contributed by atoms with E-state index in [4.69, 9.17) is 4.74 Å². The van der Waals surface area contributed by atoms with E-state index in [9.17, 15) is 14.4 Å². The number of hydrogen-bond donors (Lipinski definition) is 1. The molecule has 2 aromatic rings. The number of hydrogen-bond acceptors (Lipinski definition) is 4. The summed E-state index contributed by atoms with van der Waals surface area (Å²) < 4.78 is 5.43. The Morgan fingerprint density at radius 1 is 0.500 bits per heavy atom. The summed E-state index contributed by atoms with van der Waals surface area (Å²) in [6, 6.07) is 14.2. The zero-order valence-corrected chi connectivity index (χ0v) is 29.2. The summed E-state index contributed by atoms with van der Waals surface area (Å²) in [7, 11) is 0. The van der Waals surface area contributed by atoms with Crippen molar-refractivity contribution in [3.8, 4) is 16.9 Å². The Balaban J connectivity index is 1.64. The number of ether oxygens (including phenoxy) is 1. The normalized spacial score (nSPS) is 11.0. The van der Waals surface area contributed by atoms with Crippen molar-refractivity contribution in [2.45, 2.75) is 168 Å². The average Bonchev–Trinajstić information content (AvgIpc) is 3.23. The van der Waals surface area contributed by atoms with Crippen LogP contribution in [0.4, 0.5) is 5.69 Å². The lowest BCUT2D eigenvalue weighted by molar-refractivity contribution is -0.134. The Morgan fingerprint density at radius 3 is 1.37 bits per heavy atom. The number of nitrogens with one attached hydrogen (secondary N) is 1. The molecule has 0 bridgehead atoms. The highest BCUT2D eigenvalue weighted by molar-refractivity contribution is 5.91. The number of carbonyl (C=O) groups is 2. The van der Waals surface area contributed by atoms with Crippen molar-refractivity contribution in [2.24, 2.45) is 0 Å². The van der Waals surface area contributed by atoms with E-state index >= 15 is 0 Å². The van der Waals surface area contributed by atoms with E-state index in [2.05, 4.69) is 19.2 Å². The second kappa shape index (κ2) is 26.2. The summed E-state index contributed by atoms with van der Waals surface area (Å²) in [4.78, 5) is 37.4. The van der Waals surface area contributed by atoms with Crippen LogP contribution in [0.25, 0.3) is 11.1 Å². The van der Waals surface area contributed by atoms with E-state index in [1.54, 1.807) is 18.2 Å². The Morgan fingerprint density at radius 2 is 0.891 bits per heavy atom. The highest BCUT2D eigenvalue weighted by Gasteiger charge is 2.09. The van der Waals surface area contributed by atoms with Crippen LogP contribution in [-0.2, 0) is 9.59 Å². The van der Waals surface area contributed by atoms with Crippen LogP contribution in [0.15, 0.2) is 53.3 Å². The second-order valence-corrected chi connectivity index (χ2v) is 13.0. The number of carbonyl (C=O) groups excluding carboxylic acids is 2. The summed E-state index contributed by atoms with van der Waals surface area (Å²) in [6.45, 7) is 4.50. The summed E-state index contributed by atoms with van der Waals surface area (Å²) in [6.07, 6.45) is 28.2. The van der Waals surface area contributed by atoms with E-state index in [1.165, 1.54) is 115 Å². The van der Waals surface area contributed by atoms with Gasteiger partial charge in [0, 0.05) is 18.5 Å². The molecular formula is C41H63NO4. The van der Waals surface area contributed by atoms with Gasteiger partial charge in [0.2, 0.25) is 11.3 Å². The van der Waals surface area contributed by atoms with Crippen LogP contribution in [0.2, 0.25) is 0 Å². The molecular weight excluding hydrogens is 570 g/mol. The zero-order chi connectivity index (χ0) is 33.1. The lowest BCUT2D eigenvalue weighted by Crippen LogP contribution is -2.12. The molecule has 1 amide bonds. The van der Waals surface area contributed by atoms with E-state index in [0.29, 0.717) is 12.8 Å². The van der Waals surface area contributed by atoms with E-state index in [0.717, 1.165) is 48.9 Å². The molecule has 0 heterocycles. The fraction of sp³-hybridized carbons (Fsp3) is 0.634. The minimum absolute atomic E-state index is 0.0467. The van der Waals surface area contributed by atoms with E-state index < -0.39 is 0 Å². The molecule has 0 saturated heterocycles. The first-order chi connectivity index (χ1) is 22.5. The fourth-order valence-electron chi connectivity index (χ4n) is 5.85. The minimum Gasteiger partial charge on any atom is -0.422 e. The molecule has 0 aliphatic rings. The lowest BCUT2D eigenvalue weighted by Gasteiger charge is -2.07. The van der Waals surface area contributed by atoms with Crippen molar-refractivity contribution in [3.05, 3.63) is 58.8 Å². The number of amides is 1. The number of esters is 1. The molecule has 0 aromatic heterocycles. The number of rotatable bonds is 27. The standard InChI is InChI=1S/C41H63NO4/c1-3-5-7-9-11-13-15-17-19-21-23-25-40(44)42-37-31-27-35(28-32-37)36-29-33-38(43)39(34-30-36)46-41(45)26-24-22-20-18-16-14-12-10-8-6-4-2/h27-34H,3-26H2,1-2H3,(H,42,44). The van der Waals surface area contributed by atoms with Crippen LogP contribution in [0.3, 0.4) is 0 Å². The van der Waals surface area contributed by atoms with Crippen LogP contribution in [0.1, 0.15) is 168 Å². The van der Waals surface area contributed by atoms with Crippen molar-refractivity contribution in [1.29, 1.82) is 0 Å². The first-order valence-electron chi connectivity index (χ1n) is 18.8. The van der Waals surface area contributed by atoms with Crippen molar-refractivity contribution >= 4 is 17.6 Å². The van der Waals surface area contributed by atoms with Crippen LogP contribution >= 0.6 is 0 Å². The molecule has 5 nitrogen and oxygen atoms in total. The van der Waals surface area contributed by atoms with Gasteiger partial charge >= 0.3 is 5.97 Å². The van der Waals surface area contributed by atoms with Gasteiger partial charge in [-0.1, -0.05) is 167 Å². The van der Waals surface area contributed by atoms with Crippen LogP contribution < -0.4 is 15.5 Å². The summed E-state index contributed by atoms with van der Waals surface area (Å²) >= 11 is 0. The van der Waals surface area contributed by atoms with Gasteiger partial charge in [0.15, 0.2) is 5.75 Å². The molecule has 1 N–H and O–H groups in total. The molecule has 0 radical (unpaired) electrons. The third-order valence-electron chi connectivity index (χ3n) is 8.79. The largest absolute Gasteiger partial charge is 0.422 e. The Hall–Kier alpha value is -2.95. The predicted molar refractivity (Wildman–Crippen MR) is 195 cm³/mol. The molecule has 0 fully saturated rings. The van der Waals surface area contributed by atoms with Gasteiger partial charge in [-0.15, -0.1) is 0 Å². The lowest BCUT2D eigenvalue weighted by atomic mass is 10.1. The number of benzene rings is 1. The summed E-state index contributed by atoms with van der Waals surface area (Å²) in [5, 5.41) is 3.00. The molecule has 0 saturated carbocycles. The van der Waals surface area contributed by atoms with Gasteiger partial charge < -0.3 is 10.1 Å². The van der Waals surface area contributed by atoms with Gasteiger partial charge in [-0.2, -0.15) is 0 Å². The van der Waals surface area contributed by atoms with Gasteiger partial charge in [-0.3, -0.25) is 14.4 Å². The molecule has 2 aromatic carbocycles. The Kier molecular flexibility index (Phi) is 22.3. The molecule has 2 rings (SSSR count). The first kappa shape index (κ1) is 39.2. The maximum absolute atomic E-state index is 12.6. The molecule has 0 atom stereocenters. The van der Waals surface area contributed by atoms with Gasteiger partial charge in [0.25, 0.3) is 0 Å². The molecule has 0 spiro atoms. The van der Waals surface area contributed by atoms with E-state index in [-0.39, 0.29) is 23.1 Å². The van der Waals surface area contributed by atoms with Crippen molar-refractivity contribution in [2.75, 3.05) is 5.32 Å². The quantitative estimate of drug-likeness (QED) is 0.0784. The first-order valence-corrected chi connectivity index (χ1v) is 18.8. The van der Waals surface area contributed by atoms with Gasteiger partial charge in [-0.05, 0) is 48.2 Å². The maximum atomic E-state index is 12.6. The molecule has 0 unspecified atom stereocenters. The third-order valence-corrected chi connectivity index (χ3v) is 8.79. The highest BCUT2D eigenvalue weighted by atomic mass is 16.5. The van der Waals surface area contributed by atoms with Crippen LogP contribution in [0, 0.1) is 0 Å². The molecule has 256 valence electrons. The highest BCUT2D eigenvalue weighted by Crippen LogP contribution is 2.22. The van der Waals surface area contributed by atoms with Crippen LogP contribution in [-0.4, -0.2) is 11.9 Å². The molecule has 0 aliphatic carbocycles. The summed E-state index contributed by atoms with van der Waals surface area (Å²) in [5.74, 6) is -0.245. The van der Waals surface area contributed by atoms with E-state index in [1.807, 2.05) is 24.3 Å². The minimum atomic E-state index is -0.353. The van der Waals surface area contributed by atoms with Crippen molar-refractivity contribution < 1.29 is 14.3 Å². The van der Waals surface area contributed by atoms with Crippen molar-refractivity contribution in [3.63, 3.8) is 0 Å². The second-order valence-electron chi connectivity index (χ2n) is 13.0. The monoisotopic (exact) mass is 633 g/mol. The molecule has 46 heavy (non-hydrogen) atoms. The van der Waals surface area contributed by atoms with Crippen LogP contribution in [0.5, 0.6) is 5.75 Å². The smallest absolute Gasteiger partial charge is 0.311 e. The van der Waals surface area contributed by atoms with Crippen molar-refractivity contribution in [1.82, 2.24) is 0 Å². The van der Waals surface area contributed by atoms with Gasteiger partial charge in [0.05, 0.1) is 0 Å². The SMILES string of the molecule is CCCCCCCCCCCCCC(=O)Nc1ccc(-c2ccc(OC(=O)CCCCCCCCCCCCC)c(=O)cc2)cc1. The predicted octanol–water partition coefficient (Wildman–Crippen LogP) is 12.0. The number of anilines is 1.